The number of nitrogens with one attached hydrogen (secondary N) is 1. The summed E-state index contributed by atoms with van der Waals surface area (Å²) in [5.41, 5.74) is 11.1. The van der Waals surface area contributed by atoms with Gasteiger partial charge in [-0.1, -0.05) is 0 Å². The summed E-state index contributed by atoms with van der Waals surface area (Å²) in [6, 6.07) is 0. The highest BCUT2D eigenvalue weighted by Crippen LogP contribution is 2.16. The van der Waals surface area contributed by atoms with Crippen molar-refractivity contribution in [1.82, 2.24) is 0 Å². The van der Waals surface area contributed by atoms with Gasteiger partial charge in [0.25, 0.3) is 0 Å². The van der Waals surface area contributed by atoms with E-state index in [1.54, 1.807) is 12.2 Å². The lowest BCUT2D eigenvalue weighted by Gasteiger charge is -2.18. The largest absolute Gasteiger partial charge is 0.470 e. The molecule has 0 aromatic heterocycles. The minimum atomic E-state index is -0.519. The summed E-state index contributed by atoms with van der Waals surface area (Å²) in [7, 11) is 0. The van der Waals surface area contributed by atoms with Gasteiger partial charge in [-0.15, -0.1) is 12.6 Å². The Balaban J connectivity index is 2.74. The maximum atomic E-state index is 7.05. The zero-order valence-electron chi connectivity index (χ0n) is 5.74. The molecule has 1 aliphatic heterocycles. The average molecular weight is 171 g/mol. The molecular formula is C6H9N3OS. The Hall–Kier alpha value is -1.10. The lowest BCUT2D eigenvalue weighted by Crippen LogP contribution is -2.30. The van der Waals surface area contributed by atoms with E-state index in [-0.39, 0.29) is 5.84 Å². The lowest BCUT2D eigenvalue weighted by molar-refractivity contribution is 0.223. The molecule has 0 aromatic rings. The Morgan fingerprint density at radius 2 is 2.36 bits per heavy atom. The number of rotatable bonds is 1. The topological polar surface area (TPSA) is 85.1 Å². The third-order valence-electron chi connectivity index (χ3n) is 1.24. The number of hydrogen-bond acceptors (Lipinski definition) is 4. The molecule has 4 nitrogen and oxygen atoms in total. The Bertz CT molecular complexity index is 246. The van der Waals surface area contributed by atoms with Crippen molar-refractivity contribution in [1.29, 1.82) is 5.41 Å². The van der Waals surface area contributed by atoms with E-state index >= 15 is 0 Å². The monoisotopic (exact) mass is 171 g/mol. The zero-order valence-corrected chi connectivity index (χ0v) is 6.64. The fourth-order valence-corrected chi connectivity index (χ4v) is 0.845. The summed E-state index contributed by atoms with van der Waals surface area (Å²) >= 11 is 3.94. The van der Waals surface area contributed by atoms with E-state index in [1.807, 2.05) is 0 Å². The molecule has 1 heterocycles. The molecule has 11 heavy (non-hydrogen) atoms. The van der Waals surface area contributed by atoms with E-state index in [9.17, 15) is 0 Å². The van der Waals surface area contributed by atoms with Gasteiger partial charge in [0.15, 0.2) is 11.2 Å². The van der Waals surface area contributed by atoms with Crippen LogP contribution in [0.5, 0.6) is 0 Å². The predicted molar refractivity (Wildman–Crippen MR) is 46.1 cm³/mol. The second kappa shape index (κ2) is 2.87. The first-order valence-corrected chi connectivity index (χ1v) is 3.43. The van der Waals surface area contributed by atoms with Gasteiger partial charge in [0.2, 0.25) is 0 Å². The molecule has 0 bridgehead atoms. The second-order valence-corrected chi connectivity index (χ2v) is 2.52. The Kier molecular flexibility index (Phi) is 2.09. The van der Waals surface area contributed by atoms with Crippen molar-refractivity contribution in [3.8, 4) is 0 Å². The van der Waals surface area contributed by atoms with Crippen LogP contribution in [0.1, 0.15) is 0 Å². The fraction of sp³-hybridized carbons (Fsp3) is 0.167. The predicted octanol–water partition coefficient (Wildman–Crippen LogP) is -0.0650. The summed E-state index contributed by atoms with van der Waals surface area (Å²) in [5.74, 6) is -0.0553. The standard InChI is InChI=1S/C6H9N3OS/c7-3-1-2-4(5(8)9)10-6(3)11/h1-2,4,11H,7H2,(H3,8,9). The van der Waals surface area contributed by atoms with Crippen LogP contribution in [0, 0.1) is 5.41 Å². The molecular weight excluding hydrogens is 162 g/mol. The molecule has 5 N–H and O–H groups in total. The normalized spacial score (nSPS) is 23.2. The van der Waals surface area contributed by atoms with Crippen LogP contribution in [0.25, 0.3) is 0 Å². The van der Waals surface area contributed by atoms with Crippen LogP contribution < -0.4 is 11.5 Å². The smallest absolute Gasteiger partial charge is 0.174 e. The highest BCUT2D eigenvalue weighted by molar-refractivity contribution is 7.84. The molecule has 1 rings (SSSR count). The molecule has 0 aromatic carbocycles. The number of allylic oxidation sites excluding steroid dienone is 1. The SMILES string of the molecule is N=C(N)C1C=CC(N)=C(S)O1. The van der Waals surface area contributed by atoms with Crippen LogP contribution in [0.2, 0.25) is 0 Å². The number of ether oxygens (including phenoxy) is 1. The van der Waals surface area contributed by atoms with Gasteiger partial charge in [0, 0.05) is 0 Å². The molecule has 0 amide bonds. The highest BCUT2D eigenvalue weighted by atomic mass is 32.1. The first kappa shape index (κ1) is 8.00. The number of hydrogen-bond donors (Lipinski definition) is 4. The van der Waals surface area contributed by atoms with Crippen molar-refractivity contribution >= 4 is 18.5 Å². The minimum absolute atomic E-state index is 0.0553. The van der Waals surface area contributed by atoms with Crippen LogP contribution in [-0.4, -0.2) is 11.9 Å². The molecule has 0 spiro atoms. The summed E-state index contributed by atoms with van der Waals surface area (Å²) in [5, 5.41) is 7.36. The molecule has 60 valence electrons. The summed E-state index contributed by atoms with van der Waals surface area (Å²) in [6.07, 6.45) is 2.71. The molecule has 1 aliphatic rings. The van der Waals surface area contributed by atoms with Crippen LogP contribution in [0.3, 0.4) is 0 Å². The third-order valence-corrected chi connectivity index (χ3v) is 1.61. The van der Waals surface area contributed by atoms with Gasteiger partial charge in [-0.2, -0.15) is 0 Å². The van der Waals surface area contributed by atoms with Gasteiger partial charge < -0.3 is 16.2 Å². The molecule has 0 radical (unpaired) electrons. The lowest BCUT2D eigenvalue weighted by atomic mass is 10.2. The van der Waals surface area contributed by atoms with Gasteiger partial charge in [-0.05, 0) is 12.2 Å². The van der Waals surface area contributed by atoms with Crippen molar-refractivity contribution in [2.45, 2.75) is 6.10 Å². The third kappa shape index (κ3) is 1.68. The maximum Gasteiger partial charge on any atom is 0.174 e. The van der Waals surface area contributed by atoms with Gasteiger partial charge >= 0.3 is 0 Å². The molecule has 0 saturated carbocycles. The summed E-state index contributed by atoms with van der Waals surface area (Å²) in [4.78, 5) is 0. The first-order chi connectivity index (χ1) is 5.11. The van der Waals surface area contributed by atoms with Crippen LogP contribution in [0.4, 0.5) is 0 Å². The molecule has 1 unspecified atom stereocenters. The van der Waals surface area contributed by atoms with E-state index in [0.29, 0.717) is 10.8 Å². The number of thiol groups is 1. The molecule has 5 heteroatoms. The molecule has 0 aliphatic carbocycles. The number of nitrogens with two attached hydrogens (primary N) is 2. The van der Waals surface area contributed by atoms with Crippen molar-refractivity contribution in [3.63, 3.8) is 0 Å². The quantitative estimate of drug-likeness (QED) is 0.253. The van der Waals surface area contributed by atoms with Crippen molar-refractivity contribution in [2.75, 3.05) is 0 Å². The minimum Gasteiger partial charge on any atom is -0.470 e. The van der Waals surface area contributed by atoms with Crippen molar-refractivity contribution in [2.24, 2.45) is 11.5 Å². The van der Waals surface area contributed by atoms with Gasteiger partial charge in [-0.3, -0.25) is 5.41 Å². The summed E-state index contributed by atoms with van der Waals surface area (Å²) < 4.78 is 5.04. The van der Waals surface area contributed by atoms with E-state index in [4.69, 9.17) is 21.6 Å². The van der Waals surface area contributed by atoms with Crippen molar-refractivity contribution < 1.29 is 4.74 Å². The van der Waals surface area contributed by atoms with E-state index < -0.39 is 6.10 Å². The maximum absolute atomic E-state index is 7.05. The van der Waals surface area contributed by atoms with Crippen LogP contribution >= 0.6 is 12.6 Å². The zero-order chi connectivity index (χ0) is 8.43. The van der Waals surface area contributed by atoms with Gasteiger partial charge in [-0.25, -0.2) is 0 Å². The Labute approximate surface area is 69.8 Å². The van der Waals surface area contributed by atoms with Crippen molar-refractivity contribution in [3.05, 3.63) is 22.9 Å². The van der Waals surface area contributed by atoms with Crippen LogP contribution in [-0.2, 0) is 4.74 Å². The molecule has 1 atom stereocenters. The van der Waals surface area contributed by atoms with E-state index in [2.05, 4.69) is 12.6 Å². The Morgan fingerprint density at radius 1 is 1.73 bits per heavy atom. The van der Waals surface area contributed by atoms with Gasteiger partial charge in [0.05, 0.1) is 5.70 Å². The number of amidine groups is 1. The van der Waals surface area contributed by atoms with E-state index in [1.165, 1.54) is 0 Å². The molecule has 0 saturated heterocycles. The van der Waals surface area contributed by atoms with Gasteiger partial charge in [0.1, 0.15) is 5.84 Å². The first-order valence-electron chi connectivity index (χ1n) is 2.98. The highest BCUT2D eigenvalue weighted by Gasteiger charge is 2.15. The molecule has 0 fully saturated rings. The van der Waals surface area contributed by atoms with Crippen LogP contribution in [0.15, 0.2) is 22.9 Å². The fourth-order valence-electron chi connectivity index (χ4n) is 0.657. The average Bonchev–Trinajstić information content (AvgIpc) is 1.94. The second-order valence-electron chi connectivity index (χ2n) is 2.11. The Morgan fingerprint density at radius 3 is 2.82 bits per heavy atom. The summed E-state index contributed by atoms with van der Waals surface area (Å²) in [6.45, 7) is 0. The van der Waals surface area contributed by atoms with E-state index in [0.717, 1.165) is 0 Å².